The van der Waals surface area contributed by atoms with Crippen molar-refractivity contribution in [2.45, 2.75) is 53.0 Å². The van der Waals surface area contributed by atoms with Crippen LogP contribution in [0.1, 0.15) is 47.0 Å². The van der Waals surface area contributed by atoms with Gasteiger partial charge in [0.15, 0.2) is 0 Å². The summed E-state index contributed by atoms with van der Waals surface area (Å²) in [5, 5.41) is 12.4. The zero-order valence-corrected chi connectivity index (χ0v) is 10.9. The van der Waals surface area contributed by atoms with Gasteiger partial charge in [-0.05, 0) is 44.9 Å². The highest BCUT2D eigenvalue weighted by atomic mass is 16.4. The molecule has 0 aromatic rings. The zero-order chi connectivity index (χ0) is 12.3. The van der Waals surface area contributed by atoms with Gasteiger partial charge in [-0.1, -0.05) is 13.8 Å². The van der Waals surface area contributed by atoms with Gasteiger partial charge in [-0.2, -0.15) is 0 Å². The Morgan fingerprint density at radius 1 is 1.31 bits per heavy atom. The van der Waals surface area contributed by atoms with E-state index in [9.17, 15) is 4.79 Å². The Kier molecular flexibility index (Phi) is 4.36. The normalized spacial score (nSPS) is 31.4. The van der Waals surface area contributed by atoms with Crippen molar-refractivity contribution in [1.82, 2.24) is 5.32 Å². The van der Waals surface area contributed by atoms with Crippen molar-refractivity contribution in [2.75, 3.05) is 6.54 Å². The molecule has 1 fully saturated rings. The molecular formula is C13H25NO2. The van der Waals surface area contributed by atoms with Crippen LogP contribution in [-0.2, 0) is 4.79 Å². The van der Waals surface area contributed by atoms with E-state index in [1.165, 1.54) is 19.3 Å². The van der Waals surface area contributed by atoms with Gasteiger partial charge in [0.1, 0.15) is 0 Å². The molecule has 3 nitrogen and oxygen atoms in total. The Hall–Kier alpha value is -0.570. The Bertz CT molecular complexity index is 250. The summed E-state index contributed by atoms with van der Waals surface area (Å²) in [5.74, 6) is 0.835. The minimum Gasteiger partial charge on any atom is -0.481 e. The molecule has 0 aromatic carbocycles. The van der Waals surface area contributed by atoms with Crippen LogP contribution in [0.25, 0.3) is 0 Å². The number of hydrogen-bond donors (Lipinski definition) is 2. The smallest absolute Gasteiger partial charge is 0.310 e. The molecule has 0 radical (unpaired) electrons. The van der Waals surface area contributed by atoms with Crippen LogP contribution >= 0.6 is 0 Å². The number of carboxylic acids is 1. The van der Waals surface area contributed by atoms with Gasteiger partial charge in [0.2, 0.25) is 0 Å². The molecular weight excluding hydrogens is 202 g/mol. The fourth-order valence-electron chi connectivity index (χ4n) is 2.21. The highest BCUT2D eigenvalue weighted by molar-refractivity contribution is 5.73. The van der Waals surface area contributed by atoms with E-state index in [-0.39, 0.29) is 0 Å². The molecule has 0 saturated heterocycles. The van der Waals surface area contributed by atoms with Gasteiger partial charge in [0.25, 0.3) is 0 Å². The minimum absolute atomic E-state index is 0.504. The lowest BCUT2D eigenvalue weighted by atomic mass is 9.79. The lowest BCUT2D eigenvalue weighted by Gasteiger charge is -2.34. The first-order valence-electron chi connectivity index (χ1n) is 6.29. The molecule has 3 heteroatoms. The van der Waals surface area contributed by atoms with Crippen LogP contribution < -0.4 is 5.32 Å². The summed E-state index contributed by atoms with van der Waals surface area (Å²) < 4.78 is 0. The van der Waals surface area contributed by atoms with E-state index < -0.39 is 11.4 Å². The molecule has 0 heterocycles. The van der Waals surface area contributed by atoms with Crippen LogP contribution in [-0.4, -0.2) is 23.7 Å². The maximum Gasteiger partial charge on any atom is 0.310 e. The fourth-order valence-corrected chi connectivity index (χ4v) is 2.21. The molecule has 2 N–H and O–H groups in total. The second-order valence-corrected chi connectivity index (χ2v) is 6.03. The standard InChI is InChI=1S/C13H25NO2/c1-9-5-6-11(7-10(9)2)14-8-13(3,4)12(15)16/h9-11,14H,5-8H2,1-4H3,(H,15,16). The summed E-state index contributed by atoms with van der Waals surface area (Å²) in [5.41, 5.74) is -0.660. The molecule has 1 rings (SSSR count). The number of hydrogen-bond acceptors (Lipinski definition) is 2. The van der Waals surface area contributed by atoms with Crippen molar-refractivity contribution in [2.24, 2.45) is 17.3 Å². The minimum atomic E-state index is -0.725. The second-order valence-electron chi connectivity index (χ2n) is 6.03. The predicted octanol–water partition coefficient (Wildman–Crippen LogP) is 2.51. The van der Waals surface area contributed by atoms with Gasteiger partial charge >= 0.3 is 5.97 Å². The summed E-state index contributed by atoms with van der Waals surface area (Å²) in [6.07, 6.45) is 3.62. The first-order chi connectivity index (χ1) is 7.33. The zero-order valence-electron chi connectivity index (χ0n) is 10.9. The summed E-state index contributed by atoms with van der Waals surface area (Å²) in [6, 6.07) is 0.504. The van der Waals surface area contributed by atoms with Crippen LogP contribution in [0.5, 0.6) is 0 Å². The Labute approximate surface area is 98.6 Å². The molecule has 0 aliphatic heterocycles. The third kappa shape index (κ3) is 3.48. The van der Waals surface area contributed by atoms with Crippen molar-refractivity contribution >= 4 is 5.97 Å². The number of nitrogens with one attached hydrogen (secondary N) is 1. The Morgan fingerprint density at radius 3 is 2.44 bits per heavy atom. The predicted molar refractivity (Wildman–Crippen MR) is 65.4 cm³/mol. The summed E-state index contributed by atoms with van der Waals surface area (Å²) >= 11 is 0. The average Bonchev–Trinajstić information content (AvgIpc) is 2.20. The SMILES string of the molecule is CC1CCC(NCC(C)(C)C(=O)O)CC1C. The van der Waals surface area contributed by atoms with Gasteiger partial charge in [-0.3, -0.25) is 4.79 Å². The molecule has 3 unspecified atom stereocenters. The van der Waals surface area contributed by atoms with Crippen molar-refractivity contribution < 1.29 is 9.90 Å². The molecule has 1 saturated carbocycles. The van der Waals surface area contributed by atoms with E-state index >= 15 is 0 Å². The topological polar surface area (TPSA) is 49.3 Å². The van der Waals surface area contributed by atoms with E-state index in [4.69, 9.17) is 5.11 Å². The fraction of sp³-hybridized carbons (Fsp3) is 0.923. The summed E-state index contributed by atoms with van der Waals surface area (Å²) in [4.78, 5) is 11.0. The quantitative estimate of drug-likeness (QED) is 0.776. The first-order valence-corrected chi connectivity index (χ1v) is 6.29. The van der Waals surface area contributed by atoms with Gasteiger partial charge in [-0.15, -0.1) is 0 Å². The van der Waals surface area contributed by atoms with Gasteiger partial charge in [-0.25, -0.2) is 0 Å². The Balaban J connectivity index is 2.36. The van der Waals surface area contributed by atoms with E-state index in [1.54, 1.807) is 13.8 Å². The molecule has 0 bridgehead atoms. The Morgan fingerprint density at radius 2 is 1.94 bits per heavy atom. The van der Waals surface area contributed by atoms with Gasteiger partial charge < -0.3 is 10.4 Å². The average molecular weight is 227 g/mol. The van der Waals surface area contributed by atoms with Crippen molar-refractivity contribution in [1.29, 1.82) is 0 Å². The van der Waals surface area contributed by atoms with Crippen molar-refractivity contribution in [3.63, 3.8) is 0 Å². The number of aliphatic carboxylic acids is 1. The molecule has 3 atom stereocenters. The largest absolute Gasteiger partial charge is 0.481 e. The lowest BCUT2D eigenvalue weighted by molar-refractivity contribution is -0.146. The maximum atomic E-state index is 11.0. The van der Waals surface area contributed by atoms with Gasteiger partial charge in [0.05, 0.1) is 5.41 Å². The molecule has 16 heavy (non-hydrogen) atoms. The van der Waals surface area contributed by atoms with Crippen molar-refractivity contribution in [3.05, 3.63) is 0 Å². The van der Waals surface area contributed by atoms with E-state index in [1.807, 2.05) is 0 Å². The van der Waals surface area contributed by atoms with E-state index in [0.29, 0.717) is 12.6 Å². The number of carbonyl (C=O) groups is 1. The van der Waals surface area contributed by atoms with Crippen LogP contribution in [0.4, 0.5) is 0 Å². The lowest BCUT2D eigenvalue weighted by Crippen LogP contribution is -2.43. The molecule has 1 aliphatic carbocycles. The molecule has 1 aliphatic rings. The monoisotopic (exact) mass is 227 g/mol. The summed E-state index contributed by atoms with van der Waals surface area (Å²) in [6.45, 7) is 8.71. The third-order valence-electron chi connectivity index (χ3n) is 4.01. The van der Waals surface area contributed by atoms with Crippen LogP contribution in [0, 0.1) is 17.3 Å². The van der Waals surface area contributed by atoms with Crippen LogP contribution in [0.2, 0.25) is 0 Å². The molecule has 94 valence electrons. The molecule has 0 amide bonds. The number of rotatable bonds is 4. The highest BCUT2D eigenvalue weighted by Gasteiger charge is 2.30. The first kappa shape index (κ1) is 13.5. The van der Waals surface area contributed by atoms with Crippen LogP contribution in [0.15, 0.2) is 0 Å². The second kappa shape index (κ2) is 5.17. The summed E-state index contributed by atoms with van der Waals surface area (Å²) in [7, 11) is 0. The van der Waals surface area contributed by atoms with E-state index in [2.05, 4.69) is 19.2 Å². The van der Waals surface area contributed by atoms with Crippen molar-refractivity contribution in [3.8, 4) is 0 Å². The maximum absolute atomic E-state index is 11.0. The van der Waals surface area contributed by atoms with Gasteiger partial charge in [0, 0.05) is 12.6 Å². The molecule has 0 aromatic heterocycles. The van der Waals surface area contributed by atoms with E-state index in [0.717, 1.165) is 11.8 Å². The van der Waals surface area contributed by atoms with Crippen LogP contribution in [0.3, 0.4) is 0 Å². The third-order valence-corrected chi connectivity index (χ3v) is 4.01. The number of carboxylic acid groups (broad SMARTS) is 1. The highest BCUT2D eigenvalue weighted by Crippen LogP contribution is 2.29. The molecule has 0 spiro atoms.